The maximum Gasteiger partial charge on any atom is 0.427 e. The molecule has 0 aliphatic carbocycles. The van der Waals surface area contributed by atoms with Gasteiger partial charge in [0.05, 0.1) is 35.9 Å². The highest BCUT2D eigenvalue weighted by Crippen LogP contribution is 2.39. The van der Waals surface area contributed by atoms with Gasteiger partial charge in [0.15, 0.2) is 0 Å². The van der Waals surface area contributed by atoms with Gasteiger partial charge in [0.2, 0.25) is 5.60 Å². The fourth-order valence-electron chi connectivity index (χ4n) is 4.51. The molecule has 4 rings (SSSR count). The van der Waals surface area contributed by atoms with Crippen LogP contribution in [0.5, 0.6) is 5.75 Å². The monoisotopic (exact) mass is 668 g/mol. The molecule has 0 radical (unpaired) electrons. The average molecular weight is 669 g/mol. The minimum atomic E-state index is -4.86. The smallest absolute Gasteiger partial charge is 0.427 e. The highest BCUT2D eigenvalue weighted by Gasteiger charge is 2.51. The van der Waals surface area contributed by atoms with Crippen LogP contribution in [0, 0.1) is 5.82 Å². The first kappa shape index (κ1) is 33.7. The molecule has 18 heteroatoms. The molecular weight excluding hydrogens is 636 g/mol. The summed E-state index contributed by atoms with van der Waals surface area (Å²) in [4.78, 5) is 12.0. The van der Waals surface area contributed by atoms with Crippen LogP contribution in [-0.2, 0) is 29.7 Å². The molecule has 2 aliphatic rings. The third kappa shape index (κ3) is 7.53. The van der Waals surface area contributed by atoms with E-state index in [1.807, 2.05) is 0 Å². The molecule has 0 saturated carbocycles. The molecule has 0 spiro atoms. The predicted molar refractivity (Wildman–Crippen MR) is 151 cm³/mol. The van der Waals surface area contributed by atoms with E-state index in [2.05, 4.69) is 14.8 Å². The van der Waals surface area contributed by atoms with Gasteiger partial charge < -0.3 is 14.2 Å². The Balaban J connectivity index is 1.61. The van der Waals surface area contributed by atoms with Crippen molar-refractivity contribution >= 4 is 37.7 Å². The molecule has 12 nitrogen and oxygen atoms in total. The minimum Gasteiger partial charge on any atom is -0.485 e. The number of amides is 1. The van der Waals surface area contributed by atoms with E-state index in [1.165, 1.54) is 16.4 Å². The fraction of sp³-hybridized carbons (Fsp3) is 0.500. The minimum absolute atomic E-state index is 0.0331. The molecule has 2 N–H and O–H groups in total. The van der Waals surface area contributed by atoms with E-state index in [1.54, 1.807) is 13.8 Å². The molecule has 1 fully saturated rings. The van der Waals surface area contributed by atoms with E-state index in [9.17, 15) is 39.2 Å². The zero-order valence-corrected chi connectivity index (χ0v) is 25.7. The number of ether oxygens (including phenoxy) is 3. The predicted octanol–water partition coefficient (Wildman–Crippen LogP) is 3.62. The lowest BCUT2D eigenvalue weighted by Gasteiger charge is -2.37. The van der Waals surface area contributed by atoms with Gasteiger partial charge >= 0.3 is 12.3 Å². The van der Waals surface area contributed by atoms with Crippen LogP contribution in [0.15, 0.2) is 47.4 Å². The maximum atomic E-state index is 13.7. The van der Waals surface area contributed by atoms with Crippen molar-refractivity contribution < 1.29 is 53.4 Å². The van der Waals surface area contributed by atoms with Crippen LogP contribution < -0.4 is 19.1 Å². The normalized spacial score (nSPS) is 21.7. The molecule has 0 bridgehead atoms. The fourth-order valence-corrected chi connectivity index (χ4v) is 7.40. The van der Waals surface area contributed by atoms with Crippen LogP contribution in [0.25, 0.3) is 0 Å². The number of sulfonamides is 1. The number of hydrogen-bond donors (Lipinski definition) is 2. The molecule has 2 unspecified atom stereocenters. The van der Waals surface area contributed by atoms with Crippen molar-refractivity contribution in [3.8, 4) is 5.75 Å². The summed E-state index contributed by atoms with van der Waals surface area (Å²) >= 11 is 0. The first-order chi connectivity index (χ1) is 20.3. The average Bonchev–Trinajstić information content (AvgIpc) is 2.90. The topological polar surface area (TPSA) is 144 Å². The van der Waals surface area contributed by atoms with Gasteiger partial charge in [-0.15, -0.1) is 0 Å². The Morgan fingerprint density at radius 1 is 1.00 bits per heavy atom. The van der Waals surface area contributed by atoms with Gasteiger partial charge in [-0.2, -0.15) is 30.6 Å². The largest absolute Gasteiger partial charge is 0.485 e. The number of halogens is 4. The van der Waals surface area contributed by atoms with Crippen LogP contribution in [-0.4, -0.2) is 83.5 Å². The Morgan fingerprint density at radius 3 is 2.20 bits per heavy atom. The molecular formula is C26H32F4N4O8S2. The number of carbonyl (C=O) groups excluding carboxylic acids is 1. The number of morpholine rings is 1. The number of fused-ring (bicyclic) bond motifs is 1. The summed E-state index contributed by atoms with van der Waals surface area (Å²) in [5.74, 6) is -0.716. The summed E-state index contributed by atoms with van der Waals surface area (Å²) in [6.45, 7) is 4.26. The second-order valence-corrected chi connectivity index (χ2v) is 14.5. The molecule has 244 valence electrons. The zero-order chi connectivity index (χ0) is 32.7. The highest BCUT2D eigenvalue weighted by atomic mass is 32.2. The van der Waals surface area contributed by atoms with Crippen molar-refractivity contribution in [3.05, 3.63) is 48.3 Å². The van der Waals surface area contributed by atoms with E-state index in [4.69, 9.17) is 9.47 Å². The number of nitrogens with one attached hydrogen (secondary N) is 2. The van der Waals surface area contributed by atoms with Crippen molar-refractivity contribution in [2.24, 2.45) is 0 Å². The number of hydrogen-bond acceptors (Lipinski definition) is 8. The molecule has 3 atom stereocenters. The van der Waals surface area contributed by atoms with E-state index < -0.39 is 56.6 Å². The van der Waals surface area contributed by atoms with Gasteiger partial charge in [-0.1, -0.05) is 0 Å². The van der Waals surface area contributed by atoms with Gasteiger partial charge in [0, 0.05) is 18.8 Å². The number of nitrogens with zero attached hydrogens (tertiary/aromatic N) is 2. The van der Waals surface area contributed by atoms with Gasteiger partial charge in [-0.3, -0.25) is 9.62 Å². The molecule has 2 aromatic carbocycles. The van der Waals surface area contributed by atoms with Crippen molar-refractivity contribution in [2.45, 2.75) is 62.7 Å². The Kier molecular flexibility index (Phi) is 9.42. The molecule has 2 heterocycles. The molecule has 1 saturated heterocycles. The van der Waals surface area contributed by atoms with Crippen LogP contribution >= 0.6 is 0 Å². The third-order valence-electron chi connectivity index (χ3n) is 6.79. The third-order valence-corrected chi connectivity index (χ3v) is 10.1. The van der Waals surface area contributed by atoms with Crippen LogP contribution in [0.2, 0.25) is 0 Å². The van der Waals surface area contributed by atoms with E-state index in [0.717, 1.165) is 34.6 Å². The van der Waals surface area contributed by atoms with Crippen molar-refractivity contribution in [3.63, 3.8) is 0 Å². The lowest BCUT2D eigenvalue weighted by Crippen LogP contribution is -2.54. The van der Waals surface area contributed by atoms with E-state index in [0.29, 0.717) is 13.8 Å². The second kappa shape index (κ2) is 12.3. The lowest BCUT2D eigenvalue weighted by molar-refractivity contribution is -0.242. The van der Waals surface area contributed by atoms with Gasteiger partial charge in [-0.25, -0.2) is 17.6 Å². The second-order valence-electron chi connectivity index (χ2n) is 10.9. The number of rotatable bonds is 8. The Bertz CT molecular complexity index is 1580. The Morgan fingerprint density at radius 2 is 1.61 bits per heavy atom. The summed E-state index contributed by atoms with van der Waals surface area (Å²) in [7, 11) is -8.43. The first-order valence-electron chi connectivity index (χ1n) is 13.3. The summed E-state index contributed by atoms with van der Waals surface area (Å²) in [6.07, 6.45) is -8.04. The highest BCUT2D eigenvalue weighted by molar-refractivity contribution is 7.92. The number of benzene rings is 2. The quantitative estimate of drug-likeness (QED) is 0.407. The molecule has 2 aromatic rings. The number of carbonyl (C=O) groups is 1. The number of anilines is 2. The SMILES string of the molecule is CC1CN(S(=O)(=O)NC[C@H]2CN(S(=O)(=O)c3ccc(F)cc3)c3cc(NC(=O)OC(C)(C)C(F)(F)F)ccc3O2)CC(C)O1. The Labute approximate surface area is 252 Å². The van der Waals surface area contributed by atoms with Crippen molar-refractivity contribution in [1.29, 1.82) is 0 Å². The van der Waals surface area contributed by atoms with Crippen molar-refractivity contribution in [1.82, 2.24) is 9.03 Å². The summed E-state index contributed by atoms with van der Waals surface area (Å²) < 4.78 is 127. The molecule has 44 heavy (non-hydrogen) atoms. The Hall–Kier alpha value is -3.19. The van der Waals surface area contributed by atoms with Gasteiger partial charge in [0.25, 0.3) is 20.2 Å². The van der Waals surface area contributed by atoms with Crippen LogP contribution in [0.1, 0.15) is 27.7 Å². The number of alkyl halides is 3. The summed E-state index contributed by atoms with van der Waals surface area (Å²) in [5.41, 5.74) is -3.05. The first-order valence-corrected chi connectivity index (χ1v) is 16.2. The summed E-state index contributed by atoms with van der Waals surface area (Å²) in [6, 6.07) is 7.62. The standard InChI is InChI=1S/C26H32F4N4O8S2/c1-16-13-33(14-17(2)40-16)44(38,39)31-12-20-15-34(43(36,37)21-8-5-18(27)6-9-21)22-11-19(7-10-23(22)41-20)32-24(35)42-25(3,4)26(28,29)30/h5-11,16-17,20,31H,12-15H2,1-4H3,(H,32,35)/t16?,17?,20-/m0/s1. The van der Waals surface area contributed by atoms with Crippen molar-refractivity contribution in [2.75, 3.05) is 35.8 Å². The molecule has 1 amide bonds. The van der Waals surface area contributed by atoms with E-state index >= 15 is 0 Å². The van der Waals surface area contributed by atoms with E-state index in [-0.39, 0.29) is 53.9 Å². The molecule has 2 aliphatic heterocycles. The van der Waals surface area contributed by atoms with Crippen LogP contribution in [0.3, 0.4) is 0 Å². The molecule has 0 aromatic heterocycles. The maximum absolute atomic E-state index is 13.7. The van der Waals surface area contributed by atoms with Crippen LogP contribution in [0.4, 0.5) is 33.7 Å². The van der Waals surface area contributed by atoms with Gasteiger partial charge in [-0.05, 0) is 70.2 Å². The summed E-state index contributed by atoms with van der Waals surface area (Å²) in [5, 5.41) is 2.14. The zero-order valence-electron chi connectivity index (χ0n) is 24.1. The lowest BCUT2D eigenvalue weighted by atomic mass is 10.1. The van der Waals surface area contributed by atoms with Gasteiger partial charge in [0.1, 0.15) is 17.7 Å².